The Morgan fingerprint density at radius 3 is 2.54 bits per heavy atom. The van der Waals surface area contributed by atoms with Crippen LogP contribution in [-0.2, 0) is 0 Å². The number of ether oxygens (including phenoxy) is 1. The fourth-order valence-electron chi connectivity index (χ4n) is 2.35. The van der Waals surface area contributed by atoms with E-state index in [0.29, 0.717) is 12.2 Å². The molecule has 2 aromatic carbocycles. The fourth-order valence-corrected chi connectivity index (χ4v) is 2.35. The van der Waals surface area contributed by atoms with Crippen molar-refractivity contribution < 1.29 is 13.9 Å². The number of benzene rings is 2. The lowest BCUT2D eigenvalue weighted by Crippen LogP contribution is -2.36. The number of amides is 2. The summed E-state index contributed by atoms with van der Waals surface area (Å²) in [6.07, 6.45) is 0. The van der Waals surface area contributed by atoms with Crippen LogP contribution in [0, 0.1) is 5.82 Å². The minimum atomic E-state index is -0.341. The Kier molecular flexibility index (Phi) is 6.14. The summed E-state index contributed by atoms with van der Waals surface area (Å²) in [7, 11) is 5.52. The topological polar surface area (TPSA) is 53.6 Å². The molecular weight excluding hydrogens is 309 g/mol. The number of nitrogens with zero attached hydrogens (tertiary/aromatic N) is 1. The molecule has 1 atom stereocenters. The number of carbonyl (C=O) groups is 1. The molecule has 24 heavy (non-hydrogen) atoms. The van der Waals surface area contributed by atoms with Crippen LogP contribution in [0.4, 0.5) is 14.9 Å². The van der Waals surface area contributed by atoms with Gasteiger partial charge in [-0.25, -0.2) is 9.18 Å². The van der Waals surface area contributed by atoms with Gasteiger partial charge in [0.1, 0.15) is 11.6 Å². The highest BCUT2D eigenvalue weighted by atomic mass is 19.1. The predicted molar refractivity (Wildman–Crippen MR) is 92.8 cm³/mol. The third kappa shape index (κ3) is 4.96. The second-order valence-corrected chi connectivity index (χ2v) is 5.60. The van der Waals surface area contributed by atoms with Crippen molar-refractivity contribution in [2.45, 2.75) is 6.04 Å². The number of anilines is 1. The zero-order valence-electron chi connectivity index (χ0n) is 14.0. The number of nitrogens with one attached hydrogen (secondary N) is 2. The number of halogens is 1. The molecule has 0 fully saturated rings. The maximum atomic E-state index is 12.9. The van der Waals surface area contributed by atoms with Crippen LogP contribution in [0.1, 0.15) is 11.6 Å². The molecule has 0 spiro atoms. The highest BCUT2D eigenvalue weighted by molar-refractivity contribution is 5.89. The van der Waals surface area contributed by atoms with E-state index >= 15 is 0 Å². The Bertz CT molecular complexity index is 674. The molecule has 0 bridgehead atoms. The van der Waals surface area contributed by atoms with Gasteiger partial charge in [-0.1, -0.05) is 12.1 Å². The van der Waals surface area contributed by atoms with Crippen molar-refractivity contribution in [3.05, 3.63) is 59.9 Å². The van der Waals surface area contributed by atoms with Gasteiger partial charge in [-0.2, -0.15) is 0 Å². The van der Waals surface area contributed by atoms with Crippen LogP contribution in [0.25, 0.3) is 0 Å². The van der Waals surface area contributed by atoms with Gasteiger partial charge in [-0.05, 0) is 56.1 Å². The number of rotatable bonds is 6. The van der Waals surface area contributed by atoms with Gasteiger partial charge in [-0.15, -0.1) is 0 Å². The Morgan fingerprint density at radius 1 is 1.21 bits per heavy atom. The minimum Gasteiger partial charge on any atom is -0.497 e. The van der Waals surface area contributed by atoms with Crippen LogP contribution < -0.4 is 15.4 Å². The lowest BCUT2D eigenvalue weighted by molar-refractivity contribution is 0.243. The Hall–Kier alpha value is -2.60. The van der Waals surface area contributed by atoms with Crippen molar-refractivity contribution in [1.29, 1.82) is 0 Å². The van der Waals surface area contributed by atoms with E-state index < -0.39 is 0 Å². The summed E-state index contributed by atoms with van der Waals surface area (Å²) >= 11 is 0. The van der Waals surface area contributed by atoms with E-state index in [-0.39, 0.29) is 17.9 Å². The highest BCUT2D eigenvalue weighted by Gasteiger charge is 2.16. The summed E-state index contributed by atoms with van der Waals surface area (Å²) < 4.78 is 18.1. The van der Waals surface area contributed by atoms with E-state index in [9.17, 15) is 9.18 Å². The smallest absolute Gasteiger partial charge is 0.319 e. The van der Waals surface area contributed by atoms with Crippen molar-refractivity contribution in [1.82, 2.24) is 10.2 Å². The zero-order chi connectivity index (χ0) is 17.5. The number of urea groups is 1. The van der Waals surface area contributed by atoms with Gasteiger partial charge in [0.15, 0.2) is 0 Å². The standard InChI is InChI=1S/C18H22FN3O2/c1-22(2)17(13-5-4-6-16(11-13)24-3)12-20-18(23)21-15-9-7-14(19)8-10-15/h4-11,17H,12H2,1-3H3,(H2,20,21,23). The Balaban J connectivity index is 1.98. The maximum Gasteiger partial charge on any atom is 0.319 e. The van der Waals surface area contributed by atoms with E-state index in [1.165, 1.54) is 24.3 Å². The van der Waals surface area contributed by atoms with Crippen molar-refractivity contribution >= 4 is 11.7 Å². The Morgan fingerprint density at radius 2 is 1.92 bits per heavy atom. The van der Waals surface area contributed by atoms with Gasteiger partial charge in [0.05, 0.1) is 13.2 Å². The van der Waals surface area contributed by atoms with Gasteiger partial charge in [0.25, 0.3) is 0 Å². The average molecular weight is 331 g/mol. The molecule has 0 aliphatic carbocycles. The number of methoxy groups -OCH3 is 1. The van der Waals surface area contributed by atoms with E-state index in [1.54, 1.807) is 7.11 Å². The molecule has 5 nitrogen and oxygen atoms in total. The summed E-state index contributed by atoms with van der Waals surface area (Å²) in [6, 6.07) is 13.0. The van der Waals surface area contributed by atoms with Crippen LogP contribution in [0.2, 0.25) is 0 Å². The number of hydrogen-bond donors (Lipinski definition) is 2. The van der Waals surface area contributed by atoms with Crippen molar-refractivity contribution in [2.75, 3.05) is 33.1 Å². The molecule has 0 aliphatic rings. The lowest BCUT2D eigenvalue weighted by atomic mass is 10.1. The molecule has 0 aliphatic heterocycles. The fraction of sp³-hybridized carbons (Fsp3) is 0.278. The van der Waals surface area contributed by atoms with Crippen LogP contribution in [0.5, 0.6) is 5.75 Å². The van der Waals surface area contributed by atoms with E-state index in [0.717, 1.165) is 11.3 Å². The molecule has 128 valence electrons. The SMILES string of the molecule is COc1cccc(C(CNC(=O)Nc2ccc(F)cc2)N(C)C)c1. The summed E-state index contributed by atoms with van der Waals surface area (Å²) in [5, 5.41) is 5.51. The third-order valence-electron chi connectivity index (χ3n) is 3.66. The predicted octanol–water partition coefficient (Wildman–Crippen LogP) is 3.26. The van der Waals surface area contributed by atoms with E-state index in [4.69, 9.17) is 4.74 Å². The summed E-state index contributed by atoms with van der Waals surface area (Å²) in [5.41, 5.74) is 1.58. The quantitative estimate of drug-likeness (QED) is 0.854. The molecule has 2 rings (SSSR count). The van der Waals surface area contributed by atoms with Gasteiger partial charge >= 0.3 is 6.03 Å². The first-order valence-corrected chi connectivity index (χ1v) is 7.60. The number of hydrogen-bond acceptors (Lipinski definition) is 3. The molecule has 0 saturated heterocycles. The Labute approximate surface area is 141 Å². The second kappa shape index (κ2) is 8.31. The molecular formula is C18H22FN3O2. The molecule has 0 heterocycles. The number of carbonyl (C=O) groups excluding carboxylic acids is 1. The molecule has 0 radical (unpaired) electrons. The average Bonchev–Trinajstić information content (AvgIpc) is 2.57. The first-order chi connectivity index (χ1) is 11.5. The largest absolute Gasteiger partial charge is 0.497 e. The monoisotopic (exact) mass is 331 g/mol. The molecule has 2 amide bonds. The van der Waals surface area contributed by atoms with Crippen LogP contribution in [-0.4, -0.2) is 38.7 Å². The van der Waals surface area contributed by atoms with Crippen molar-refractivity contribution in [2.24, 2.45) is 0 Å². The number of likely N-dealkylation sites (N-methyl/N-ethyl adjacent to an activating group) is 1. The molecule has 0 aromatic heterocycles. The van der Waals surface area contributed by atoms with Crippen LogP contribution in [0.3, 0.4) is 0 Å². The van der Waals surface area contributed by atoms with Crippen LogP contribution in [0.15, 0.2) is 48.5 Å². The second-order valence-electron chi connectivity index (χ2n) is 5.60. The molecule has 0 saturated carbocycles. The van der Waals surface area contributed by atoms with E-state index in [1.807, 2.05) is 43.3 Å². The first-order valence-electron chi connectivity index (χ1n) is 7.60. The first kappa shape index (κ1) is 17.7. The van der Waals surface area contributed by atoms with Crippen molar-refractivity contribution in [3.8, 4) is 5.75 Å². The lowest BCUT2D eigenvalue weighted by Gasteiger charge is -2.25. The highest BCUT2D eigenvalue weighted by Crippen LogP contribution is 2.22. The molecule has 6 heteroatoms. The van der Waals surface area contributed by atoms with Gasteiger partial charge in [0, 0.05) is 12.2 Å². The third-order valence-corrected chi connectivity index (χ3v) is 3.66. The van der Waals surface area contributed by atoms with Crippen LogP contribution >= 0.6 is 0 Å². The van der Waals surface area contributed by atoms with Gasteiger partial charge < -0.3 is 20.3 Å². The maximum absolute atomic E-state index is 12.9. The normalized spacial score (nSPS) is 11.9. The van der Waals surface area contributed by atoms with Gasteiger partial charge in [-0.3, -0.25) is 0 Å². The minimum absolute atomic E-state index is 0.000863. The van der Waals surface area contributed by atoms with E-state index in [2.05, 4.69) is 10.6 Å². The summed E-state index contributed by atoms with van der Waals surface area (Å²) in [6.45, 7) is 0.424. The van der Waals surface area contributed by atoms with Gasteiger partial charge in [0.2, 0.25) is 0 Å². The van der Waals surface area contributed by atoms with Crippen molar-refractivity contribution in [3.63, 3.8) is 0 Å². The molecule has 1 unspecified atom stereocenters. The zero-order valence-corrected chi connectivity index (χ0v) is 14.0. The summed E-state index contributed by atoms with van der Waals surface area (Å²) in [4.78, 5) is 14.0. The summed E-state index contributed by atoms with van der Waals surface area (Å²) in [5.74, 6) is 0.432. The molecule has 2 aromatic rings. The molecule has 2 N–H and O–H groups in total.